The number of aryl methyl sites for hydroxylation is 1. The average molecular weight is 374 g/mol. The Balaban J connectivity index is 1.77. The number of nitrogens with zero attached hydrogens (tertiary/aromatic N) is 3. The molecule has 7 nitrogen and oxygen atoms in total. The fraction of sp³-hybridized carbons (Fsp3) is 0.238. The van der Waals surface area contributed by atoms with E-state index >= 15 is 0 Å². The van der Waals surface area contributed by atoms with Crippen LogP contribution in [0.15, 0.2) is 48.8 Å². The minimum Gasteiger partial charge on any atom is -0.497 e. The Morgan fingerprint density at radius 1 is 1.29 bits per heavy atom. The molecule has 2 unspecified atom stereocenters. The lowest BCUT2D eigenvalue weighted by molar-refractivity contribution is 0.414. The van der Waals surface area contributed by atoms with Crippen molar-refractivity contribution >= 4 is 5.82 Å². The van der Waals surface area contributed by atoms with Crippen LogP contribution in [0.5, 0.6) is 5.75 Å². The quantitative estimate of drug-likeness (QED) is 0.649. The van der Waals surface area contributed by atoms with Gasteiger partial charge in [0.15, 0.2) is 0 Å². The number of rotatable bonds is 4. The number of benzene rings is 1. The van der Waals surface area contributed by atoms with Gasteiger partial charge in [0, 0.05) is 37.5 Å². The van der Waals surface area contributed by atoms with Crippen molar-refractivity contribution in [2.45, 2.75) is 12.0 Å². The second-order valence-electron chi connectivity index (χ2n) is 6.92. The zero-order chi connectivity index (χ0) is 19.7. The molecule has 1 aromatic carbocycles. The van der Waals surface area contributed by atoms with Gasteiger partial charge in [0.05, 0.1) is 24.4 Å². The SMILES string of the molecule is COc1ccc(C2NNCC2c2cc(-c3ccn(C)c3)nc(N)c2C#N)cc1. The summed E-state index contributed by atoms with van der Waals surface area (Å²) in [6, 6.07) is 14.2. The topological polar surface area (TPSA) is 101 Å². The normalized spacial score (nSPS) is 18.8. The van der Waals surface area contributed by atoms with Gasteiger partial charge in [0.1, 0.15) is 17.6 Å². The molecule has 0 radical (unpaired) electrons. The van der Waals surface area contributed by atoms with E-state index in [-0.39, 0.29) is 17.8 Å². The van der Waals surface area contributed by atoms with E-state index < -0.39 is 0 Å². The molecule has 0 amide bonds. The van der Waals surface area contributed by atoms with Crippen LogP contribution in [0.25, 0.3) is 11.3 Å². The van der Waals surface area contributed by atoms with Gasteiger partial charge in [-0.15, -0.1) is 0 Å². The molecule has 1 aliphatic heterocycles. The molecule has 1 fully saturated rings. The number of hydrogen-bond acceptors (Lipinski definition) is 6. The van der Waals surface area contributed by atoms with Crippen LogP contribution in [0.2, 0.25) is 0 Å². The fourth-order valence-corrected chi connectivity index (χ4v) is 3.72. The molecule has 2 atom stereocenters. The van der Waals surface area contributed by atoms with Crippen LogP contribution in [-0.4, -0.2) is 23.2 Å². The van der Waals surface area contributed by atoms with Gasteiger partial charge in [0.2, 0.25) is 0 Å². The van der Waals surface area contributed by atoms with Crippen LogP contribution >= 0.6 is 0 Å². The van der Waals surface area contributed by atoms with E-state index in [2.05, 4.69) is 21.9 Å². The minimum absolute atomic E-state index is 0.00318. The molecule has 0 spiro atoms. The molecule has 7 heteroatoms. The van der Waals surface area contributed by atoms with Crippen LogP contribution in [0.3, 0.4) is 0 Å². The van der Waals surface area contributed by atoms with E-state index in [0.29, 0.717) is 12.1 Å². The number of nitrogens with one attached hydrogen (secondary N) is 2. The zero-order valence-electron chi connectivity index (χ0n) is 15.8. The number of nitrogen functional groups attached to an aromatic ring is 1. The van der Waals surface area contributed by atoms with Gasteiger partial charge in [-0.25, -0.2) is 10.4 Å². The van der Waals surface area contributed by atoms with Crippen LogP contribution in [0.1, 0.15) is 28.7 Å². The first-order valence-electron chi connectivity index (χ1n) is 9.06. The Morgan fingerprint density at radius 3 is 2.71 bits per heavy atom. The van der Waals surface area contributed by atoms with Crippen LogP contribution < -0.4 is 21.3 Å². The van der Waals surface area contributed by atoms with E-state index in [1.807, 2.05) is 60.4 Å². The Kier molecular flexibility index (Phi) is 4.74. The van der Waals surface area contributed by atoms with Gasteiger partial charge in [-0.3, -0.25) is 5.43 Å². The molecule has 0 saturated carbocycles. The summed E-state index contributed by atoms with van der Waals surface area (Å²) < 4.78 is 7.22. The summed E-state index contributed by atoms with van der Waals surface area (Å²) in [6.45, 7) is 0.684. The molecule has 4 rings (SSSR count). The standard InChI is InChI=1S/C21H22N6O/c1-27-8-7-14(12-27)19-9-16(17(10-22)21(23)25-19)18-11-24-26-20(18)13-3-5-15(28-2)6-4-13/h3-9,12,18,20,24,26H,11H2,1-2H3,(H2,23,25). The van der Waals surface area contributed by atoms with Crippen LogP contribution in [-0.2, 0) is 7.05 Å². The fourth-order valence-electron chi connectivity index (χ4n) is 3.72. The van der Waals surface area contributed by atoms with Gasteiger partial charge in [-0.2, -0.15) is 5.26 Å². The van der Waals surface area contributed by atoms with E-state index in [4.69, 9.17) is 10.5 Å². The molecule has 3 heterocycles. The third-order valence-corrected chi connectivity index (χ3v) is 5.17. The number of pyridine rings is 1. The summed E-state index contributed by atoms with van der Waals surface area (Å²) >= 11 is 0. The second kappa shape index (κ2) is 7.35. The number of anilines is 1. The lowest BCUT2D eigenvalue weighted by Crippen LogP contribution is -2.24. The van der Waals surface area contributed by atoms with Crippen molar-refractivity contribution in [3.8, 4) is 23.1 Å². The van der Waals surface area contributed by atoms with Crippen molar-refractivity contribution in [2.24, 2.45) is 7.05 Å². The number of nitrogens with two attached hydrogens (primary N) is 1. The number of methoxy groups -OCH3 is 1. The monoisotopic (exact) mass is 374 g/mol. The maximum absolute atomic E-state index is 9.72. The molecule has 1 aliphatic rings. The molecule has 0 bridgehead atoms. The summed E-state index contributed by atoms with van der Waals surface area (Å²) in [5, 5.41) is 9.72. The van der Waals surface area contributed by atoms with Gasteiger partial charge < -0.3 is 15.0 Å². The molecule has 142 valence electrons. The first kappa shape index (κ1) is 18.0. The Morgan fingerprint density at radius 2 is 2.07 bits per heavy atom. The molecule has 0 aliphatic carbocycles. The molecule has 4 N–H and O–H groups in total. The van der Waals surface area contributed by atoms with Crippen LogP contribution in [0, 0.1) is 11.3 Å². The number of nitriles is 1. The molecule has 1 saturated heterocycles. The summed E-state index contributed by atoms with van der Waals surface area (Å²) in [6.07, 6.45) is 3.95. The zero-order valence-corrected chi connectivity index (χ0v) is 15.8. The van der Waals surface area contributed by atoms with Gasteiger partial charge in [-0.1, -0.05) is 12.1 Å². The van der Waals surface area contributed by atoms with Crippen molar-refractivity contribution < 1.29 is 4.74 Å². The van der Waals surface area contributed by atoms with Gasteiger partial charge >= 0.3 is 0 Å². The molecule has 28 heavy (non-hydrogen) atoms. The summed E-state index contributed by atoms with van der Waals surface area (Å²) in [5.41, 5.74) is 16.9. The highest BCUT2D eigenvalue weighted by molar-refractivity contribution is 5.67. The second-order valence-corrected chi connectivity index (χ2v) is 6.92. The highest BCUT2D eigenvalue weighted by Crippen LogP contribution is 2.38. The van der Waals surface area contributed by atoms with E-state index in [9.17, 15) is 5.26 Å². The van der Waals surface area contributed by atoms with E-state index in [1.165, 1.54) is 0 Å². The van der Waals surface area contributed by atoms with Crippen molar-refractivity contribution in [3.05, 3.63) is 65.5 Å². The lowest BCUT2D eigenvalue weighted by atomic mass is 9.86. The summed E-state index contributed by atoms with van der Waals surface area (Å²) in [4.78, 5) is 4.46. The predicted octanol–water partition coefficient (Wildman–Crippen LogP) is 2.48. The highest BCUT2D eigenvalue weighted by atomic mass is 16.5. The Bertz CT molecular complexity index is 1030. The highest BCUT2D eigenvalue weighted by Gasteiger charge is 2.32. The van der Waals surface area contributed by atoms with Crippen molar-refractivity contribution in [2.75, 3.05) is 19.4 Å². The number of aromatic nitrogens is 2. The summed E-state index contributed by atoms with van der Waals surface area (Å²) in [7, 11) is 3.61. The first-order chi connectivity index (χ1) is 13.6. The Hall–Kier alpha value is -3.34. The summed E-state index contributed by atoms with van der Waals surface area (Å²) in [5.74, 6) is 1.11. The maximum Gasteiger partial charge on any atom is 0.142 e. The maximum atomic E-state index is 9.72. The Labute approximate surface area is 163 Å². The largest absolute Gasteiger partial charge is 0.497 e. The van der Waals surface area contributed by atoms with Crippen molar-refractivity contribution in [1.82, 2.24) is 20.4 Å². The minimum atomic E-state index is 0.00318. The third-order valence-electron chi connectivity index (χ3n) is 5.17. The molecular formula is C21H22N6O. The van der Waals surface area contributed by atoms with Crippen molar-refractivity contribution in [3.63, 3.8) is 0 Å². The lowest BCUT2D eigenvalue weighted by Gasteiger charge is -2.21. The van der Waals surface area contributed by atoms with Crippen LogP contribution in [0.4, 0.5) is 5.82 Å². The number of ether oxygens (including phenoxy) is 1. The van der Waals surface area contributed by atoms with Gasteiger partial charge in [-0.05, 0) is 35.4 Å². The van der Waals surface area contributed by atoms with E-state index in [1.54, 1.807) is 7.11 Å². The molecular weight excluding hydrogens is 352 g/mol. The van der Waals surface area contributed by atoms with E-state index in [0.717, 1.165) is 28.1 Å². The number of hydrazine groups is 1. The van der Waals surface area contributed by atoms with Gasteiger partial charge in [0.25, 0.3) is 0 Å². The molecule has 2 aromatic heterocycles. The molecule has 3 aromatic rings. The third kappa shape index (κ3) is 3.20. The average Bonchev–Trinajstić information content (AvgIpc) is 3.36. The first-order valence-corrected chi connectivity index (χ1v) is 9.06. The predicted molar refractivity (Wildman–Crippen MR) is 107 cm³/mol. The number of hydrogen-bond donors (Lipinski definition) is 3. The van der Waals surface area contributed by atoms with Crippen molar-refractivity contribution in [1.29, 1.82) is 5.26 Å². The smallest absolute Gasteiger partial charge is 0.142 e.